The van der Waals surface area contributed by atoms with Crippen molar-refractivity contribution < 1.29 is 4.52 Å². The monoisotopic (exact) mass is 202 g/mol. The summed E-state index contributed by atoms with van der Waals surface area (Å²) in [5, 5.41) is 7.32. The smallest absolute Gasteiger partial charge is 0.153 e. The van der Waals surface area contributed by atoms with Gasteiger partial charge in [0, 0.05) is 12.1 Å². The summed E-state index contributed by atoms with van der Waals surface area (Å²) < 4.78 is 5.18. The molecule has 1 aromatic rings. The zero-order chi connectivity index (χ0) is 8.55. The zero-order valence-corrected chi connectivity index (χ0v) is 8.73. The van der Waals surface area contributed by atoms with E-state index in [-0.39, 0.29) is 12.4 Å². The van der Waals surface area contributed by atoms with Gasteiger partial charge < -0.3 is 9.84 Å². The molecule has 2 heterocycles. The van der Waals surface area contributed by atoms with Gasteiger partial charge in [0.05, 0.1) is 11.7 Å². The van der Waals surface area contributed by atoms with E-state index in [1.807, 2.05) is 13.0 Å². The lowest BCUT2D eigenvalue weighted by Crippen LogP contribution is -2.20. The van der Waals surface area contributed by atoms with Crippen LogP contribution in [0.1, 0.15) is 37.3 Å². The largest absolute Gasteiger partial charge is 0.359 e. The molecule has 4 heteroatoms. The average Bonchev–Trinajstić information content (AvgIpc) is 2.58. The van der Waals surface area contributed by atoms with Crippen LogP contribution in [0.3, 0.4) is 0 Å². The summed E-state index contributed by atoms with van der Waals surface area (Å²) in [6.07, 6.45) is 2.39. The molecule has 74 valence electrons. The number of aryl methyl sites for hydroxylation is 1. The van der Waals surface area contributed by atoms with Crippen molar-refractivity contribution in [2.24, 2.45) is 0 Å². The first-order valence-corrected chi connectivity index (χ1v) is 4.45. The molecule has 2 atom stereocenters. The molecule has 1 saturated heterocycles. The highest BCUT2D eigenvalue weighted by atomic mass is 35.5. The maximum Gasteiger partial charge on any atom is 0.153 e. The minimum atomic E-state index is 0. The van der Waals surface area contributed by atoms with Gasteiger partial charge in [-0.3, -0.25) is 0 Å². The van der Waals surface area contributed by atoms with Crippen LogP contribution in [0.5, 0.6) is 0 Å². The normalized spacial score (nSPS) is 27.2. The molecular weight excluding hydrogens is 188 g/mol. The van der Waals surface area contributed by atoms with Crippen LogP contribution in [0, 0.1) is 6.92 Å². The van der Waals surface area contributed by atoms with E-state index in [2.05, 4.69) is 17.4 Å². The van der Waals surface area contributed by atoms with E-state index in [9.17, 15) is 0 Å². The molecule has 0 aliphatic carbocycles. The number of halogens is 1. The molecule has 2 rings (SSSR count). The van der Waals surface area contributed by atoms with E-state index < -0.39 is 0 Å². The van der Waals surface area contributed by atoms with Crippen LogP contribution in [0.25, 0.3) is 0 Å². The summed E-state index contributed by atoms with van der Waals surface area (Å²) in [6.45, 7) is 4.15. The van der Waals surface area contributed by atoms with E-state index in [1.165, 1.54) is 6.42 Å². The van der Waals surface area contributed by atoms with Crippen molar-refractivity contribution in [3.8, 4) is 0 Å². The molecule has 2 unspecified atom stereocenters. The van der Waals surface area contributed by atoms with Crippen molar-refractivity contribution >= 4 is 12.4 Å². The van der Waals surface area contributed by atoms with Gasteiger partial charge in [-0.15, -0.1) is 12.4 Å². The molecule has 0 aromatic carbocycles. The Morgan fingerprint density at radius 2 is 2.31 bits per heavy atom. The van der Waals surface area contributed by atoms with Gasteiger partial charge in [-0.05, 0) is 26.7 Å². The third-order valence-electron chi connectivity index (χ3n) is 2.36. The first kappa shape index (κ1) is 10.5. The molecule has 0 spiro atoms. The molecule has 0 radical (unpaired) electrons. The summed E-state index contributed by atoms with van der Waals surface area (Å²) in [7, 11) is 0. The number of rotatable bonds is 1. The van der Waals surface area contributed by atoms with Gasteiger partial charge in [-0.1, -0.05) is 5.16 Å². The Morgan fingerprint density at radius 3 is 2.77 bits per heavy atom. The third-order valence-corrected chi connectivity index (χ3v) is 2.36. The third kappa shape index (κ3) is 2.23. The molecule has 0 bridgehead atoms. The van der Waals surface area contributed by atoms with Crippen LogP contribution >= 0.6 is 12.4 Å². The molecule has 0 amide bonds. The molecule has 1 aromatic heterocycles. The molecule has 1 aliphatic heterocycles. The summed E-state index contributed by atoms with van der Waals surface area (Å²) in [5.41, 5.74) is 0.964. The number of nitrogens with one attached hydrogen (secondary N) is 1. The van der Waals surface area contributed by atoms with Crippen molar-refractivity contribution in [1.29, 1.82) is 0 Å². The first-order valence-electron chi connectivity index (χ1n) is 4.45. The average molecular weight is 203 g/mol. The quantitative estimate of drug-likeness (QED) is 0.759. The van der Waals surface area contributed by atoms with E-state index in [4.69, 9.17) is 4.52 Å². The Balaban J connectivity index is 0.000000845. The van der Waals surface area contributed by atoms with Gasteiger partial charge in [0.25, 0.3) is 0 Å². The number of nitrogens with zero attached hydrogens (tertiary/aromatic N) is 1. The zero-order valence-electron chi connectivity index (χ0n) is 7.91. The lowest BCUT2D eigenvalue weighted by Gasteiger charge is -2.06. The second-order valence-electron chi connectivity index (χ2n) is 3.57. The van der Waals surface area contributed by atoms with Crippen molar-refractivity contribution in [3.05, 3.63) is 17.5 Å². The fraction of sp³-hybridized carbons (Fsp3) is 0.667. The standard InChI is InChI=1S/C9H14N2O.ClH/c1-6-3-4-8(10-6)9-5-7(2)11-12-9;/h5-6,8,10H,3-4H2,1-2H3;1H. The Kier molecular flexibility index (Phi) is 3.33. The van der Waals surface area contributed by atoms with Crippen molar-refractivity contribution in [3.63, 3.8) is 0 Å². The summed E-state index contributed by atoms with van der Waals surface area (Å²) in [6, 6.07) is 3.01. The number of aromatic nitrogens is 1. The Morgan fingerprint density at radius 1 is 1.54 bits per heavy atom. The SMILES string of the molecule is Cc1cc(C2CCC(C)N2)on1.Cl. The maximum atomic E-state index is 5.18. The van der Waals surface area contributed by atoms with Crippen LogP contribution in [-0.4, -0.2) is 11.2 Å². The van der Waals surface area contributed by atoms with Gasteiger partial charge in [0.1, 0.15) is 0 Å². The van der Waals surface area contributed by atoms with Crippen LogP contribution in [-0.2, 0) is 0 Å². The summed E-state index contributed by atoms with van der Waals surface area (Å²) >= 11 is 0. The highest BCUT2D eigenvalue weighted by Gasteiger charge is 2.24. The topological polar surface area (TPSA) is 38.1 Å². The second-order valence-corrected chi connectivity index (χ2v) is 3.57. The molecule has 1 aliphatic rings. The molecule has 0 saturated carbocycles. The summed E-state index contributed by atoms with van der Waals surface area (Å²) in [4.78, 5) is 0. The van der Waals surface area contributed by atoms with Crippen molar-refractivity contribution in [1.82, 2.24) is 10.5 Å². The molecule has 13 heavy (non-hydrogen) atoms. The molecule has 1 N–H and O–H groups in total. The lowest BCUT2D eigenvalue weighted by atomic mass is 10.1. The lowest BCUT2D eigenvalue weighted by molar-refractivity contribution is 0.345. The van der Waals surface area contributed by atoms with Crippen LogP contribution in [0.15, 0.2) is 10.6 Å². The van der Waals surface area contributed by atoms with Crippen LogP contribution in [0.4, 0.5) is 0 Å². The second kappa shape index (κ2) is 4.11. The molecule has 3 nitrogen and oxygen atoms in total. The van der Waals surface area contributed by atoms with Gasteiger partial charge in [-0.25, -0.2) is 0 Å². The minimum Gasteiger partial charge on any atom is -0.359 e. The fourth-order valence-corrected chi connectivity index (χ4v) is 1.70. The van der Waals surface area contributed by atoms with Gasteiger partial charge >= 0.3 is 0 Å². The highest BCUT2D eigenvalue weighted by molar-refractivity contribution is 5.85. The summed E-state index contributed by atoms with van der Waals surface area (Å²) in [5.74, 6) is 0.983. The van der Waals surface area contributed by atoms with Crippen molar-refractivity contribution in [2.75, 3.05) is 0 Å². The fourth-order valence-electron chi connectivity index (χ4n) is 1.70. The van der Waals surface area contributed by atoms with E-state index in [0.717, 1.165) is 17.9 Å². The first-order chi connectivity index (χ1) is 5.75. The van der Waals surface area contributed by atoms with E-state index >= 15 is 0 Å². The van der Waals surface area contributed by atoms with E-state index in [1.54, 1.807) is 0 Å². The number of hydrogen-bond donors (Lipinski definition) is 1. The molecular formula is C9H15ClN2O. The highest BCUT2D eigenvalue weighted by Crippen LogP contribution is 2.26. The Bertz CT molecular complexity index is 274. The van der Waals surface area contributed by atoms with Gasteiger partial charge in [0.15, 0.2) is 5.76 Å². The predicted octanol–water partition coefficient (Wildman–Crippen LogP) is 2.22. The minimum absolute atomic E-state index is 0. The predicted molar refractivity (Wildman–Crippen MR) is 53.1 cm³/mol. The van der Waals surface area contributed by atoms with Gasteiger partial charge in [0.2, 0.25) is 0 Å². The van der Waals surface area contributed by atoms with Crippen LogP contribution in [0.2, 0.25) is 0 Å². The molecule has 1 fully saturated rings. The Hall–Kier alpha value is -0.540. The van der Waals surface area contributed by atoms with Crippen molar-refractivity contribution in [2.45, 2.75) is 38.8 Å². The van der Waals surface area contributed by atoms with Gasteiger partial charge in [-0.2, -0.15) is 0 Å². The number of hydrogen-bond acceptors (Lipinski definition) is 3. The van der Waals surface area contributed by atoms with E-state index in [0.29, 0.717) is 12.1 Å². The maximum absolute atomic E-state index is 5.18. The van der Waals surface area contributed by atoms with Crippen LogP contribution < -0.4 is 5.32 Å². The Labute approximate surface area is 84.3 Å².